The highest BCUT2D eigenvalue weighted by Gasteiger charge is 2.11. The van der Waals surface area contributed by atoms with Gasteiger partial charge in [0.15, 0.2) is 0 Å². The summed E-state index contributed by atoms with van der Waals surface area (Å²) in [4.78, 5) is 10.4. The second-order valence-electron chi connectivity index (χ2n) is 4.01. The van der Waals surface area contributed by atoms with E-state index in [1.807, 2.05) is 25.1 Å². The number of aliphatic carboxylic acids is 1. The molecule has 1 unspecified atom stereocenters. The number of hydrogen-bond donors (Lipinski definition) is 2. The number of hydrogen-bond acceptors (Lipinski definition) is 3. The molecule has 5 heteroatoms. The van der Waals surface area contributed by atoms with E-state index in [4.69, 9.17) is 15.6 Å². The van der Waals surface area contributed by atoms with Crippen LogP contribution in [0.25, 0.3) is 0 Å². The normalized spacial score (nSPS) is 12.2. The van der Waals surface area contributed by atoms with Crippen molar-refractivity contribution < 1.29 is 14.6 Å². The molecular formula is C13H18BrNO3. The average Bonchev–Trinajstić information content (AvgIpc) is 2.28. The van der Waals surface area contributed by atoms with Crippen LogP contribution in [-0.2, 0) is 4.79 Å². The molecule has 18 heavy (non-hydrogen) atoms. The molecule has 0 fully saturated rings. The van der Waals surface area contributed by atoms with Crippen molar-refractivity contribution in [1.82, 2.24) is 0 Å². The van der Waals surface area contributed by atoms with Crippen LogP contribution in [0.1, 0.15) is 37.8 Å². The lowest BCUT2D eigenvalue weighted by atomic mass is 10.0. The zero-order valence-electron chi connectivity index (χ0n) is 10.4. The first-order valence-electron chi connectivity index (χ1n) is 5.94. The van der Waals surface area contributed by atoms with E-state index in [2.05, 4.69) is 15.9 Å². The predicted octanol–water partition coefficient (Wildman–Crippen LogP) is 3.10. The lowest BCUT2D eigenvalue weighted by molar-refractivity contribution is -0.137. The summed E-state index contributed by atoms with van der Waals surface area (Å²) < 4.78 is 6.28. The van der Waals surface area contributed by atoms with E-state index in [0.717, 1.165) is 15.8 Å². The molecule has 0 radical (unpaired) electrons. The van der Waals surface area contributed by atoms with E-state index in [0.29, 0.717) is 19.4 Å². The molecule has 0 aliphatic heterocycles. The topological polar surface area (TPSA) is 72.5 Å². The molecule has 0 aliphatic rings. The van der Waals surface area contributed by atoms with Crippen LogP contribution >= 0.6 is 15.9 Å². The van der Waals surface area contributed by atoms with Gasteiger partial charge >= 0.3 is 5.97 Å². The maximum absolute atomic E-state index is 10.4. The van der Waals surface area contributed by atoms with Crippen LogP contribution in [0.15, 0.2) is 22.7 Å². The highest BCUT2D eigenvalue weighted by molar-refractivity contribution is 9.10. The molecule has 0 heterocycles. The standard InChI is InChI=1S/C13H18BrNO3/c1-2-18-9-6-7-10(11(14)8-9)12(15)4-3-5-13(16)17/h6-8,12H,2-5,15H2,1H3,(H,16,17). The largest absolute Gasteiger partial charge is 0.494 e. The lowest BCUT2D eigenvalue weighted by Gasteiger charge is -2.14. The Labute approximate surface area is 115 Å². The first-order chi connectivity index (χ1) is 8.54. The van der Waals surface area contributed by atoms with Crippen molar-refractivity contribution in [3.05, 3.63) is 28.2 Å². The Morgan fingerprint density at radius 2 is 2.28 bits per heavy atom. The summed E-state index contributed by atoms with van der Waals surface area (Å²) in [5.41, 5.74) is 7.02. The number of carbonyl (C=O) groups is 1. The second-order valence-corrected chi connectivity index (χ2v) is 4.86. The summed E-state index contributed by atoms with van der Waals surface area (Å²) in [6.07, 6.45) is 1.39. The molecule has 1 aromatic carbocycles. The highest BCUT2D eigenvalue weighted by Crippen LogP contribution is 2.29. The molecular weight excluding hydrogens is 298 g/mol. The minimum absolute atomic E-state index is 0.155. The summed E-state index contributed by atoms with van der Waals surface area (Å²) in [6, 6.07) is 5.52. The number of carboxylic acids is 1. The predicted molar refractivity (Wildman–Crippen MR) is 73.7 cm³/mol. The van der Waals surface area contributed by atoms with Crippen molar-refractivity contribution in [3.63, 3.8) is 0 Å². The Kier molecular flexibility index (Phi) is 6.15. The molecule has 3 N–H and O–H groups in total. The van der Waals surface area contributed by atoms with Gasteiger partial charge < -0.3 is 15.6 Å². The first kappa shape index (κ1) is 15.0. The van der Waals surface area contributed by atoms with Crippen LogP contribution in [0.2, 0.25) is 0 Å². The van der Waals surface area contributed by atoms with E-state index in [-0.39, 0.29) is 12.5 Å². The van der Waals surface area contributed by atoms with Gasteiger partial charge in [0, 0.05) is 16.9 Å². The molecule has 0 saturated heterocycles. The summed E-state index contributed by atoms with van der Waals surface area (Å²) in [7, 11) is 0. The van der Waals surface area contributed by atoms with Gasteiger partial charge in [0.25, 0.3) is 0 Å². The van der Waals surface area contributed by atoms with Crippen molar-refractivity contribution >= 4 is 21.9 Å². The van der Waals surface area contributed by atoms with Gasteiger partial charge in [0.1, 0.15) is 5.75 Å². The quantitative estimate of drug-likeness (QED) is 0.811. The zero-order chi connectivity index (χ0) is 13.5. The van der Waals surface area contributed by atoms with Crippen LogP contribution in [0.5, 0.6) is 5.75 Å². The van der Waals surface area contributed by atoms with Crippen LogP contribution in [0.3, 0.4) is 0 Å². The summed E-state index contributed by atoms with van der Waals surface area (Å²) in [5, 5.41) is 8.58. The van der Waals surface area contributed by atoms with Gasteiger partial charge in [-0.05, 0) is 37.5 Å². The summed E-state index contributed by atoms with van der Waals surface area (Å²) >= 11 is 3.46. The van der Waals surface area contributed by atoms with Crippen molar-refractivity contribution in [1.29, 1.82) is 0 Å². The van der Waals surface area contributed by atoms with Crippen LogP contribution in [0.4, 0.5) is 0 Å². The Hall–Kier alpha value is -1.07. The third kappa shape index (κ3) is 4.66. The maximum Gasteiger partial charge on any atom is 0.303 e. The minimum Gasteiger partial charge on any atom is -0.494 e. The highest BCUT2D eigenvalue weighted by atomic mass is 79.9. The third-order valence-electron chi connectivity index (χ3n) is 2.59. The Bertz CT molecular complexity index is 409. The van der Waals surface area contributed by atoms with Crippen LogP contribution in [0, 0.1) is 0 Å². The van der Waals surface area contributed by atoms with Gasteiger partial charge in [-0.2, -0.15) is 0 Å². The zero-order valence-corrected chi connectivity index (χ0v) is 11.9. The Morgan fingerprint density at radius 1 is 1.56 bits per heavy atom. The van der Waals surface area contributed by atoms with Gasteiger partial charge in [0.2, 0.25) is 0 Å². The SMILES string of the molecule is CCOc1ccc(C(N)CCCC(=O)O)c(Br)c1. The lowest BCUT2D eigenvalue weighted by Crippen LogP contribution is -2.11. The molecule has 1 atom stereocenters. The smallest absolute Gasteiger partial charge is 0.303 e. The fraction of sp³-hybridized carbons (Fsp3) is 0.462. The molecule has 1 rings (SSSR count). The summed E-state index contributed by atoms with van der Waals surface area (Å²) in [5.74, 6) is 0.0128. The number of nitrogens with two attached hydrogens (primary N) is 1. The molecule has 0 aliphatic carbocycles. The Morgan fingerprint density at radius 3 is 2.83 bits per heavy atom. The van der Waals surface area contributed by atoms with E-state index in [1.165, 1.54) is 0 Å². The van der Waals surface area contributed by atoms with E-state index >= 15 is 0 Å². The minimum atomic E-state index is -0.784. The molecule has 0 spiro atoms. The fourth-order valence-electron chi connectivity index (χ4n) is 1.69. The van der Waals surface area contributed by atoms with Gasteiger partial charge in [-0.1, -0.05) is 22.0 Å². The van der Waals surface area contributed by atoms with Crippen LogP contribution in [-0.4, -0.2) is 17.7 Å². The molecule has 1 aromatic rings. The van der Waals surface area contributed by atoms with Gasteiger partial charge in [-0.25, -0.2) is 0 Å². The van der Waals surface area contributed by atoms with Crippen molar-refractivity contribution in [2.45, 2.75) is 32.2 Å². The van der Waals surface area contributed by atoms with Gasteiger partial charge in [-0.3, -0.25) is 4.79 Å². The number of rotatable bonds is 7. The maximum atomic E-state index is 10.4. The average molecular weight is 316 g/mol. The van der Waals surface area contributed by atoms with Crippen molar-refractivity contribution in [2.24, 2.45) is 5.73 Å². The molecule has 4 nitrogen and oxygen atoms in total. The number of benzene rings is 1. The molecule has 100 valence electrons. The molecule has 0 aromatic heterocycles. The van der Waals surface area contributed by atoms with E-state index in [1.54, 1.807) is 0 Å². The Balaban J connectivity index is 2.62. The third-order valence-corrected chi connectivity index (χ3v) is 3.27. The van der Waals surface area contributed by atoms with E-state index in [9.17, 15) is 4.79 Å². The number of carboxylic acid groups (broad SMARTS) is 1. The van der Waals surface area contributed by atoms with Gasteiger partial charge in [-0.15, -0.1) is 0 Å². The molecule has 0 amide bonds. The number of ether oxygens (including phenoxy) is 1. The molecule has 0 bridgehead atoms. The van der Waals surface area contributed by atoms with E-state index < -0.39 is 5.97 Å². The van der Waals surface area contributed by atoms with Crippen LogP contribution < -0.4 is 10.5 Å². The van der Waals surface area contributed by atoms with Gasteiger partial charge in [0.05, 0.1) is 6.61 Å². The number of halogens is 1. The van der Waals surface area contributed by atoms with Crippen molar-refractivity contribution in [3.8, 4) is 5.75 Å². The monoisotopic (exact) mass is 315 g/mol. The molecule has 0 saturated carbocycles. The fourth-order valence-corrected chi connectivity index (χ4v) is 2.35. The van der Waals surface area contributed by atoms with Crippen molar-refractivity contribution in [2.75, 3.05) is 6.61 Å². The first-order valence-corrected chi connectivity index (χ1v) is 6.73. The second kappa shape index (κ2) is 7.38. The summed E-state index contributed by atoms with van der Waals surface area (Å²) in [6.45, 7) is 2.55.